The van der Waals surface area contributed by atoms with Crippen molar-refractivity contribution in [2.45, 2.75) is 12.6 Å². The number of nitrogens with zero attached hydrogens (tertiary/aromatic N) is 3. The molecular weight excluding hydrogens is 638 g/mol. The topological polar surface area (TPSA) is 290 Å². The maximum Gasteiger partial charge on any atom is 0.354 e. The lowest BCUT2D eigenvalue weighted by atomic mass is 10.0. The number of carbonyl (C=O) groups is 4. The predicted molar refractivity (Wildman–Crippen MR) is 172 cm³/mol. The van der Waals surface area contributed by atoms with Gasteiger partial charge in [-0.25, -0.2) is 19.1 Å². The molecule has 18 heteroatoms. The first-order valence-electron chi connectivity index (χ1n) is 13.2. The fourth-order valence-corrected chi connectivity index (χ4v) is 4.17. The minimum absolute atomic E-state index is 0. The van der Waals surface area contributed by atoms with Crippen molar-refractivity contribution in [3.05, 3.63) is 109 Å². The number of aromatic nitrogens is 3. The third-order valence-electron chi connectivity index (χ3n) is 6.50. The first-order valence-corrected chi connectivity index (χ1v) is 13.2. The van der Waals surface area contributed by atoms with Gasteiger partial charge in [0.2, 0.25) is 5.91 Å². The molecule has 0 bridgehead atoms. The summed E-state index contributed by atoms with van der Waals surface area (Å²) in [5, 5.41) is 18.4. The molecule has 0 aliphatic heterocycles. The number of amides is 2. The summed E-state index contributed by atoms with van der Waals surface area (Å²) in [7, 11) is 1.23. The number of carboxylic acid groups (broad SMARTS) is 1. The molecule has 2 aromatic heterocycles. The molecule has 0 spiro atoms. The van der Waals surface area contributed by atoms with Crippen LogP contribution in [0, 0.1) is 0 Å². The third-order valence-corrected chi connectivity index (χ3v) is 6.50. The molecular formula is C29H28ClN9O8. The number of hydrogen-bond donors (Lipinski definition) is 7. The lowest BCUT2D eigenvalue weighted by Gasteiger charge is -2.16. The maximum atomic E-state index is 12.7. The van der Waals surface area contributed by atoms with Crippen molar-refractivity contribution in [1.82, 2.24) is 19.9 Å². The van der Waals surface area contributed by atoms with Gasteiger partial charge in [0.15, 0.2) is 11.3 Å². The summed E-state index contributed by atoms with van der Waals surface area (Å²) in [6.07, 6.45) is 0. The summed E-state index contributed by atoms with van der Waals surface area (Å²) in [5.41, 5.74) is 22.4. The summed E-state index contributed by atoms with van der Waals surface area (Å²) in [4.78, 5) is 73.7. The van der Waals surface area contributed by atoms with Crippen LogP contribution in [0.15, 0.2) is 70.3 Å². The van der Waals surface area contributed by atoms with E-state index in [-0.39, 0.29) is 52.2 Å². The molecule has 0 saturated heterocycles. The van der Waals surface area contributed by atoms with Crippen molar-refractivity contribution in [1.29, 1.82) is 0 Å². The normalized spacial score (nSPS) is 11.0. The zero-order chi connectivity index (χ0) is 33.7. The Morgan fingerprint density at radius 1 is 1.00 bits per heavy atom. The molecule has 1 atom stereocenters. The Bertz CT molecular complexity index is 2050. The first kappa shape index (κ1) is 35.2. The number of carboxylic acids is 1. The van der Waals surface area contributed by atoms with Gasteiger partial charge < -0.3 is 43.4 Å². The number of nitrogens with one attached hydrogen (secondary N) is 2. The highest BCUT2D eigenvalue weighted by Crippen LogP contribution is 2.19. The molecule has 0 aliphatic rings. The van der Waals surface area contributed by atoms with Gasteiger partial charge in [-0.2, -0.15) is 0 Å². The van der Waals surface area contributed by atoms with Crippen molar-refractivity contribution in [2.24, 2.45) is 11.5 Å². The molecule has 11 N–H and O–H groups in total. The number of ether oxygens (including phenoxy) is 1. The lowest BCUT2D eigenvalue weighted by molar-refractivity contribution is -0.120. The Morgan fingerprint density at radius 2 is 1.68 bits per heavy atom. The third kappa shape index (κ3) is 7.67. The van der Waals surface area contributed by atoms with E-state index < -0.39 is 40.7 Å². The number of nitrogen functional groups attached to an aromatic ring is 2. The maximum absolute atomic E-state index is 12.7. The van der Waals surface area contributed by atoms with Crippen LogP contribution in [0.3, 0.4) is 0 Å². The van der Waals surface area contributed by atoms with Gasteiger partial charge in [-0.05, 0) is 35.4 Å². The average Bonchev–Trinajstić information content (AvgIpc) is 3.44. The number of primary amides is 1. The van der Waals surface area contributed by atoms with Gasteiger partial charge in [0.05, 0.1) is 12.7 Å². The van der Waals surface area contributed by atoms with Crippen molar-refractivity contribution < 1.29 is 29.0 Å². The number of aromatic carboxylic acids is 1. The Balaban J connectivity index is 0.000000298. The second kappa shape index (κ2) is 14.6. The van der Waals surface area contributed by atoms with Crippen molar-refractivity contribution in [3.63, 3.8) is 0 Å². The van der Waals surface area contributed by atoms with E-state index in [1.54, 1.807) is 12.1 Å². The lowest BCUT2D eigenvalue weighted by Crippen LogP contribution is -2.38. The van der Waals surface area contributed by atoms with Gasteiger partial charge in [-0.1, -0.05) is 24.3 Å². The van der Waals surface area contributed by atoms with Crippen molar-refractivity contribution in [2.75, 3.05) is 23.9 Å². The second-order valence-corrected chi connectivity index (χ2v) is 9.57. The van der Waals surface area contributed by atoms with Gasteiger partial charge in [0.25, 0.3) is 16.8 Å². The van der Waals surface area contributed by atoms with E-state index in [9.17, 15) is 33.9 Å². The first-order chi connectivity index (χ1) is 21.8. The second-order valence-electron chi connectivity index (χ2n) is 9.57. The average molecular weight is 666 g/mol. The van der Waals surface area contributed by atoms with Crippen LogP contribution >= 0.6 is 12.4 Å². The quantitative estimate of drug-likeness (QED) is 0.0820. The largest absolute Gasteiger partial charge is 0.477 e. The number of rotatable bonds is 9. The Labute approximate surface area is 270 Å². The summed E-state index contributed by atoms with van der Waals surface area (Å²) in [6, 6.07) is 14.0. The molecule has 3 aromatic carbocycles. The zero-order valence-corrected chi connectivity index (χ0v) is 25.2. The van der Waals surface area contributed by atoms with E-state index in [0.717, 1.165) is 16.1 Å². The highest BCUT2D eigenvalue weighted by Gasteiger charge is 2.24. The molecule has 0 unspecified atom stereocenters. The highest BCUT2D eigenvalue weighted by molar-refractivity contribution is 5.98. The van der Waals surface area contributed by atoms with Crippen LogP contribution in [0.25, 0.3) is 5.65 Å². The van der Waals surface area contributed by atoms with E-state index >= 15 is 0 Å². The standard InChI is InChI=1S/C18H16N6O6.C11H11N3O2.ClH/c1-30-18(29)9-4-2-8(3-5-9)14(15(20)25)22-16(26)10-6-11(17(27)28)24-13(21-10)7-12(19)23-24;12-5-6-2-1-3-7(4-6)14-9-8(13)10(15)11(9)16;/h2-7,14H,1H3,(H2,19,23)(H2,20,25)(H,22,26)(H,27,28);1-4,14H,5,12-13H2;1H/t14-;;/m1../s1. The Hall–Kier alpha value is -6.33. The summed E-state index contributed by atoms with van der Waals surface area (Å²) < 4.78 is 5.58. The van der Waals surface area contributed by atoms with Gasteiger partial charge in [0.1, 0.15) is 28.9 Å². The molecule has 5 rings (SSSR count). The van der Waals surface area contributed by atoms with Crippen LogP contribution in [0.5, 0.6) is 0 Å². The van der Waals surface area contributed by atoms with Gasteiger partial charge >= 0.3 is 11.9 Å². The van der Waals surface area contributed by atoms with Crippen molar-refractivity contribution in [3.8, 4) is 0 Å². The number of esters is 1. The number of hydrogen-bond acceptors (Lipinski definition) is 13. The predicted octanol–water partition coefficient (Wildman–Crippen LogP) is 0.242. The fraction of sp³-hybridized carbons (Fsp3) is 0.103. The molecule has 0 fully saturated rings. The molecule has 47 heavy (non-hydrogen) atoms. The molecule has 0 radical (unpaired) electrons. The van der Waals surface area contributed by atoms with Crippen LogP contribution in [0.4, 0.5) is 22.9 Å². The smallest absolute Gasteiger partial charge is 0.354 e. The summed E-state index contributed by atoms with van der Waals surface area (Å²) in [5.74, 6) is -3.63. The zero-order valence-electron chi connectivity index (χ0n) is 24.4. The Morgan fingerprint density at radius 3 is 2.26 bits per heavy atom. The minimum Gasteiger partial charge on any atom is -0.477 e. The summed E-state index contributed by atoms with van der Waals surface area (Å²) >= 11 is 0. The van der Waals surface area contributed by atoms with E-state index in [1.807, 2.05) is 12.1 Å². The number of anilines is 4. The molecule has 0 aliphatic carbocycles. The fourth-order valence-electron chi connectivity index (χ4n) is 4.17. The molecule has 2 heterocycles. The van der Waals surface area contributed by atoms with E-state index in [4.69, 9.17) is 22.9 Å². The number of halogens is 1. The molecule has 0 saturated carbocycles. The van der Waals surface area contributed by atoms with Crippen LogP contribution < -0.4 is 44.4 Å². The molecule has 244 valence electrons. The van der Waals surface area contributed by atoms with E-state index in [2.05, 4.69) is 25.5 Å². The molecule has 2 amide bonds. The Kier molecular flexibility index (Phi) is 10.9. The van der Waals surface area contributed by atoms with Crippen LogP contribution in [0.2, 0.25) is 0 Å². The SMILES string of the molecule is COC(=O)c1ccc([C@@H](NC(=O)c2cc(C(=O)O)n3nc(N)cc3n2)C(N)=O)cc1.Cl.NCc1cccc(Nc2c(N)c(=O)c2=O)c1. The van der Waals surface area contributed by atoms with Crippen LogP contribution in [-0.4, -0.2) is 50.6 Å². The van der Waals surface area contributed by atoms with Crippen molar-refractivity contribution >= 4 is 64.7 Å². The molecule has 5 aromatic rings. The monoisotopic (exact) mass is 665 g/mol. The van der Waals surface area contributed by atoms with E-state index in [1.165, 1.54) is 37.4 Å². The van der Waals surface area contributed by atoms with Crippen LogP contribution in [0.1, 0.15) is 48.5 Å². The number of nitrogens with two attached hydrogens (primary N) is 4. The van der Waals surface area contributed by atoms with E-state index in [0.29, 0.717) is 17.8 Å². The van der Waals surface area contributed by atoms with Gasteiger partial charge in [-0.3, -0.25) is 19.2 Å². The number of carbonyl (C=O) groups excluding carboxylic acids is 3. The van der Waals surface area contributed by atoms with Crippen LogP contribution in [-0.2, 0) is 16.1 Å². The number of fused-ring (bicyclic) bond motifs is 1. The van der Waals surface area contributed by atoms with Gasteiger partial charge in [0, 0.05) is 24.4 Å². The summed E-state index contributed by atoms with van der Waals surface area (Å²) in [6.45, 7) is 0.414. The minimum atomic E-state index is -1.36. The van der Waals surface area contributed by atoms with Gasteiger partial charge in [-0.15, -0.1) is 17.5 Å². The molecule has 17 nitrogen and oxygen atoms in total. The number of benzene rings is 2. The highest BCUT2D eigenvalue weighted by atomic mass is 35.5. The number of methoxy groups -OCH3 is 1.